The number of hydrogen-bond acceptors (Lipinski definition) is 14. The van der Waals surface area contributed by atoms with E-state index >= 15 is 0 Å². The number of carbonyl (C=O) groups excluding carboxylic acids is 2. The molecule has 0 atom stereocenters. The highest BCUT2D eigenvalue weighted by Crippen LogP contribution is 2.33. The Balaban J connectivity index is 0.000000269. The lowest BCUT2D eigenvalue weighted by atomic mass is 10.0. The molecular formula is C45H38I2N6O8. The smallest absolute Gasteiger partial charge is 0.338 e. The van der Waals surface area contributed by atoms with Gasteiger partial charge in [-0.3, -0.25) is 0 Å². The molecule has 0 saturated carbocycles. The van der Waals surface area contributed by atoms with Crippen molar-refractivity contribution in [3.8, 4) is 52.8 Å². The van der Waals surface area contributed by atoms with Crippen LogP contribution in [0.2, 0.25) is 0 Å². The van der Waals surface area contributed by atoms with E-state index in [1.807, 2.05) is 25.1 Å². The highest BCUT2D eigenvalue weighted by Gasteiger charge is 2.18. The first-order chi connectivity index (χ1) is 29.6. The van der Waals surface area contributed by atoms with Gasteiger partial charge < -0.3 is 28.8 Å². The summed E-state index contributed by atoms with van der Waals surface area (Å²) in [5.74, 6) is 1.36. The van der Waals surface area contributed by atoms with Gasteiger partial charge in [-0.1, -0.05) is 72.8 Å². The van der Waals surface area contributed by atoms with E-state index in [0.717, 1.165) is 5.69 Å². The van der Waals surface area contributed by atoms with Gasteiger partial charge in [0, 0.05) is 60.1 Å². The molecule has 0 bridgehead atoms. The summed E-state index contributed by atoms with van der Waals surface area (Å²) in [4.78, 5) is 40.1. The van der Waals surface area contributed by atoms with Crippen LogP contribution in [-0.2, 0) is 19.1 Å². The summed E-state index contributed by atoms with van der Waals surface area (Å²) in [6.07, 6.45) is 6.07. The molecule has 0 aliphatic heterocycles. The van der Waals surface area contributed by atoms with E-state index < -0.39 is 11.9 Å². The Bertz CT molecular complexity index is 2550. The summed E-state index contributed by atoms with van der Waals surface area (Å²) < 4.78 is 27.0. The van der Waals surface area contributed by atoms with Crippen molar-refractivity contribution in [3.63, 3.8) is 0 Å². The summed E-state index contributed by atoms with van der Waals surface area (Å²) in [6, 6.07) is 34.7. The maximum absolute atomic E-state index is 12.0. The van der Waals surface area contributed by atoms with Crippen molar-refractivity contribution in [1.29, 1.82) is 10.5 Å². The molecule has 0 fully saturated rings. The number of ether oxygens (including phenoxy) is 5. The highest BCUT2D eigenvalue weighted by molar-refractivity contribution is 15.0. The topological polar surface area (TPSA) is 200 Å². The van der Waals surface area contributed by atoms with E-state index in [0.29, 0.717) is 56.5 Å². The van der Waals surface area contributed by atoms with Crippen LogP contribution >= 0.6 is 37.2 Å². The van der Waals surface area contributed by atoms with Crippen molar-refractivity contribution in [2.24, 2.45) is 0 Å². The minimum Gasteiger partial charge on any atom is -0.507 e. The molecule has 1 N–H and O–H groups in total. The van der Waals surface area contributed by atoms with E-state index in [2.05, 4.69) is 63.2 Å². The van der Waals surface area contributed by atoms with Gasteiger partial charge in [-0.15, -0.1) is 0 Å². The van der Waals surface area contributed by atoms with Crippen LogP contribution in [0.5, 0.6) is 40.6 Å². The van der Waals surface area contributed by atoms with Crippen molar-refractivity contribution < 1.29 is 38.4 Å². The van der Waals surface area contributed by atoms with Gasteiger partial charge in [0.2, 0.25) is 17.6 Å². The van der Waals surface area contributed by atoms with Crippen LogP contribution in [0.15, 0.2) is 134 Å². The molecule has 61 heavy (non-hydrogen) atoms. The number of para-hydroxylation sites is 4. The monoisotopic (exact) mass is 1040 g/mol. The first-order valence-electron chi connectivity index (χ1n) is 17.8. The molecule has 0 radical (unpaired) electrons. The van der Waals surface area contributed by atoms with Crippen LogP contribution in [0.3, 0.4) is 0 Å². The second-order valence-electron chi connectivity index (χ2n) is 11.6. The molecule has 2 aromatic heterocycles. The number of aryl methyl sites for hydroxylation is 1. The molecule has 6 rings (SSSR count). The lowest BCUT2D eigenvalue weighted by Crippen LogP contribution is -2.05. The molecule has 0 saturated heterocycles. The molecule has 0 unspecified atom stereocenters. The van der Waals surface area contributed by atoms with E-state index in [4.69, 9.17) is 34.1 Å². The quantitative estimate of drug-likeness (QED) is 0.0772. The molecule has 14 nitrogen and oxygen atoms in total. The summed E-state index contributed by atoms with van der Waals surface area (Å²) in [7, 11) is 2.67. The van der Waals surface area contributed by atoms with Gasteiger partial charge in [-0.05, 0) is 57.2 Å². The Morgan fingerprint density at radius 1 is 0.590 bits per heavy atom. The molecule has 0 amide bonds. The van der Waals surface area contributed by atoms with E-state index in [1.54, 1.807) is 111 Å². The number of hydrogen-bond donors (Lipinski definition) is 1. The van der Waals surface area contributed by atoms with Crippen LogP contribution in [0, 0.1) is 29.6 Å². The predicted octanol–water partition coefficient (Wildman–Crippen LogP) is 10.7. The van der Waals surface area contributed by atoms with Crippen molar-refractivity contribution in [3.05, 3.63) is 162 Å². The van der Waals surface area contributed by atoms with E-state index in [1.165, 1.54) is 39.0 Å². The lowest BCUT2D eigenvalue weighted by molar-refractivity contribution is -0.134. The normalized spacial score (nSPS) is 10.2. The van der Waals surface area contributed by atoms with Gasteiger partial charge >= 0.3 is 11.9 Å². The number of phenolic OH excluding ortho intramolecular Hbond substituents is 1. The third-order valence-corrected chi connectivity index (χ3v) is 7.81. The molecule has 0 spiro atoms. The second-order valence-corrected chi connectivity index (χ2v) is 11.6. The predicted molar refractivity (Wildman–Crippen MR) is 245 cm³/mol. The number of carbonyl (C=O) groups is 2. The largest absolute Gasteiger partial charge is 0.507 e. The highest BCUT2D eigenvalue weighted by atomic mass is 128. The van der Waals surface area contributed by atoms with Gasteiger partial charge in [-0.2, -0.15) is 10.5 Å². The number of rotatable bonds is 10. The Kier molecular flexibility index (Phi) is 20.9. The van der Waals surface area contributed by atoms with Gasteiger partial charge in [0.1, 0.15) is 47.8 Å². The van der Waals surface area contributed by atoms with Crippen LogP contribution in [0.25, 0.3) is 11.1 Å². The van der Waals surface area contributed by atoms with Gasteiger partial charge in [0.15, 0.2) is 0 Å². The van der Waals surface area contributed by atoms with Crippen molar-refractivity contribution >= 4 is 60.3 Å². The number of phenols is 1. The summed E-state index contributed by atoms with van der Waals surface area (Å²) in [5.41, 5.74) is 3.54. The molecule has 2 heterocycles. The Morgan fingerprint density at radius 2 is 0.984 bits per heavy atom. The number of halogens is 2. The van der Waals surface area contributed by atoms with E-state index in [-0.39, 0.29) is 17.5 Å². The van der Waals surface area contributed by atoms with Crippen molar-refractivity contribution in [2.45, 2.75) is 20.8 Å². The Hall–Kier alpha value is -6.90. The molecule has 6 aromatic rings. The number of esters is 2. The number of nitriles is 2. The zero-order valence-corrected chi connectivity index (χ0v) is 37.8. The second kappa shape index (κ2) is 26.3. The van der Waals surface area contributed by atoms with Crippen molar-refractivity contribution in [1.82, 2.24) is 19.9 Å². The molecular weight excluding hydrogens is 1010 g/mol. The Morgan fingerprint density at radius 3 is 1.41 bits per heavy atom. The van der Waals surface area contributed by atoms with Crippen LogP contribution in [0.4, 0.5) is 0 Å². The first kappa shape index (κ1) is 48.5. The molecule has 0 aliphatic rings. The molecule has 4 aromatic carbocycles. The molecule has 16 heteroatoms. The van der Waals surface area contributed by atoms with Gasteiger partial charge in [0.05, 0.1) is 42.6 Å². The third-order valence-electron chi connectivity index (χ3n) is 7.81. The number of aromatic hydroxyl groups is 1. The maximum Gasteiger partial charge on any atom is 0.338 e. The number of benzene rings is 4. The maximum atomic E-state index is 12.0. The zero-order chi connectivity index (χ0) is 44.6. The minimum atomic E-state index is -0.469. The van der Waals surface area contributed by atoms with Gasteiger partial charge in [0.25, 0.3) is 0 Å². The Labute approximate surface area is 376 Å². The average Bonchev–Trinajstić information content (AvgIpc) is 3.29. The molecule has 310 valence electrons. The van der Waals surface area contributed by atoms with Gasteiger partial charge in [-0.25, -0.2) is 29.5 Å². The van der Waals surface area contributed by atoms with E-state index in [9.17, 15) is 14.9 Å². The number of methoxy groups -OCH3 is 2. The summed E-state index contributed by atoms with van der Waals surface area (Å²) in [6.45, 7) is 5.37. The minimum absolute atomic E-state index is 0.0417. The number of allylic oxidation sites excluding steroid dienone is 2. The zero-order valence-electron chi connectivity index (χ0n) is 33.4. The van der Waals surface area contributed by atoms with Crippen LogP contribution in [-0.4, -0.2) is 51.2 Å². The fraction of sp³-hybridized carbons (Fsp3) is 0.111. The fourth-order valence-corrected chi connectivity index (χ4v) is 5.02. The lowest BCUT2D eigenvalue weighted by Gasteiger charge is -2.12. The standard InChI is InChI=1S/C22H17N3O4.C16H16N2O3.C7H5NO.I2/c1-3-16(22(26)27-2)17-9-5-7-11-19(17)29-21-12-20(24-14-25-21)28-18-10-6-4-8-15(18)13-23;1-4-12(16(19)20-3)13-7-5-6-8-14(13)21-15-9-11(2)17-10-18-15;8-5-6-3-1-2-4-7(6)9;1-2/h3-12,14H,1-2H3;4-10H,1-3H3;1-4,9H;/b16-3+;12-4+;;. The number of nitrogens with zero attached hydrogens (tertiary/aromatic N) is 6. The summed E-state index contributed by atoms with van der Waals surface area (Å²) in [5, 5.41) is 26.4. The summed E-state index contributed by atoms with van der Waals surface area (Å²) >= 11 is 4.24. The fourth-order valence-electron chi connectivity index (χ4n) is 5.02. The van der Waals surface area contributed by atoms with Crippen LogP contribution < -0.4 is 14.2 Å². The van der Waals surface area contributed by atoms with Crippen LogP contribution in [0.1, 0.15) is 41.8 Å². The number of aromatic nitrogens is 4. The third kappa shape index (κ3) is 14.7. The molecule has 0 aliphatic carbocycles. The SMILES string of the molecule is C/C=C(/C(=O)OC)c1ccccc1Oc1cc(C)ncn1.C/C=C(/C(=O)OC)c1ccccc1Oc1cc(Oc2ccccc2C#N)ncn1.II.N#Cc1ccccc1O. The van der Waals surface area contributed by atoms with Crippen molar-refractivity contribution in [2.75, 3.05) is 14.2 Å². The average molecular weight is 1040 g/mol. The first-order valence-corrected chi connectivity index (χ1v) is 24.1.